The maximum atomic E-state index is 6.26. The molecule has 2 aliphatic rings. The Labute approximate surface area is 133 Å². The molecule has 0 spiro atoms. The SMILES string of the molecule is Clc1ccccc1CN1CCN(C[C@@H]2CC=CCC2)CC1. The zero-order chi connectivity index (χ0) is 14.5. The molecule has 0 radical (unpaired) electrons. The van der Waals surface area contributed by atoms with Crippen molar-refractivity contribution in [3.05, 3.63) is 47.0 Å². The van der Waals surface area contributed by atoms with E-state index in [1.54, 1.807) is 0 Å². The fourth-order valence-corrected chi connectivity index (χ4v) is 3.58. The second kappa shape index (κ2) is 7.44. The summed E-state index contributed by atoms with van der Waals surface area (Å²) in [5.41, 5.74) is 1.25. The molecule has 114 valence electrons. The van der Waals surface area contributed by atoms with Crippen LogP contribution in [0.15, 0.2) is 36.4 Å². The highest BCUT2D eigenvalue weighted by Gasteiger charge is 2.20. The second-order valence-electron chi connectivity index (χ2n) is 6.32. The molecule has 0 aromatic heterocycles. The molecule has 0 bridgehead atoms. The van der Waals surface area contributed by atoms with Crippen molar-refractivity contribution in [3.63, 3.8) is 0 Å². The third kappa shape index (κ3) is 4.32. The van der Waals surface area contributed by atoms with Gasteiger partial charge in [-0.1, -0.05) is 42.0 Å². The quantitative estimate of drug-likeness (QED) is 0.780. The second-order valence-corrected chi connectivity index (χ2v) is 6.73. The fourth-order valence-electron chi connectivity index (χ4n) is 3.38. The van der Waals surface area contributed by atoms with Crippen molar-refractivity contribution in [1.82, 2.24) is 9.80 Å². The lowest BCUT2D eigenvalue weighted by Crippen LogP contribution is -2.47. The summed E-state index contributed by atoms with van der Waals surface area (Å²) < 4.78 is 0. The first-order valence-corrected chi connectivity index (χ1v) is 8.52. The molecule has 2 nitrogen and oxygen atoms in total. The molecular weight excluding hydrogens is 280 g/mol. The van der Waals surface area contributed by atoms with Crippen molar-refractivity contribution in [1.29, 1.82) is 0 Å². The highest BCUT2D eigenvalue weighted by Crippen LogP contribution is 2.21. The first-order valence-electron chi connectivity index (χ1n) is 8.14. The average molecular weight is 305 g/mol. The summed E-state index contributed by atoms with van der Waals surface area (Å²) in [6.07, 6.45) is 8.62. The normalized spacial score (nSPS) is 24.3. The molecule has 1 saturated heterocycles. The standard InChI is InChI=1S/C18H25ClN2/c19-18-9-5-4-8-17(18)15-21-12-10-20(11-13-21)14-16-6-2-1-3-7-16/h1-2,4-5,8-9,16H,3,6-7,10-15H2/t16-/m1/s1. The monoisotopic (exact) mass is 304 g/mol. The van der Waals surface area contributed by atoms with E-state index in [1.165, 1.54) is 44.5 Å². The Morgan fingerprint density at radius 3 is 2.48 bits per heavy atom. The summed E-state index contributed by atoms with van der Waals surface area (Å²) in [5.74, 6) is 0.880. The number of halogens is 1. The Kier molecular flexibility index (Phi) is 5.34. The van der Waals surface area contributed by atoms with E-state index in [9.17, 15) is 0 Å². The first-order chi connectivity index (χ1) is 10.3. The molecule has 0 amide bonds. The number of hydrogen-bond acceptors (Lipinski definition) is 2. The fraction of sp³-hybridized carbons (Fsp3) is 0.556. The van der Waals surface area contributed by atoms with Crippen LogP contribution in [-0.2, 0) is 6.54 Å². The van der Waals surface area contributed by atoms with Gasteiger partial charge in [-0.25, -0.2) is 0 Å². The molecule has 1 aromatic carbocycles. The Balaban J connectivity index is 1.44. The molecule has 21 heavy (non-hydrogen) atoms. The summed E-state index contributed by atoms with van der Waals surface area (Å²) in [7, 11) is 0. The molecule has 1 fully saturated rings. The van der Waals surface area contributed by atoms with Crippen molar-refractivity contribution in [2.45, 2.75) is 25.8 Å². The van der Waals surface area contributed by atoms with Gasteiger partial charge >= 0.3 is 0 Å². The van der Waals surface area contributed by atoms with E-state index in [2.05, 4.69) is 34.1 Å². The number of benzene rings is 1. The number of piperazine rings is 1. The van der Waals surface area contributed by atoms with Gasteiger partial charge in [-0.3, -0.25) is 4.90 Å². The van der Waals surface area contributed by atoms with Crippen LogP contribution < -0.4 is 0 Å². The van der Waals surface area contributed by atoms with Gasteiger partial charge in [0.05, 0.1) is 0 Å². The van der Waals surface area contributed by atoms with Crippen LogP contribution in [0.4, 0.5) is 0 Å². The van der Waals surface area contributed by atoms with Crippen LogP contribution in [0.1, 0.15) is 24.8 Å². The van der Waals surface area contributed by atoms with Crippen LogP contribution in [-0.4, -0.2) is 42.5 Å². The van der Waals surface area contributed by atoms with Gasteiger partial charge in [-0.05, 0) is 36.8 Å². The largest absolute Gasteiger partial charge is 0.301 e. The van der Waals surface area contributed by atoms with Crippen LogP contribution in [0.5, 0.6) is 0 Å². The van der Waals surface area contributed by atoms with E-state index < -0.39 is 0 Å². The molecule has 0 saturated carbocycles. The van der Waals surface area contributed by atoms with Crippen LogP contribution in [0.3, 0.4) is 0 Å². The minimum absolute atomic E-state index is 0.880. The van der Waals surface area contributed by atoms with Gasteiger partial charge in [0.2, 0.25) is 0 Å². The minimum atomic E-state index is 0.880. The zero-order valence-electron chi connectivity index (χ0n) is 12.7. The van der Waals surface area contributed by atoms with Gasteiger partial charge in [0, 0.05) is 44.3 Å². The van der Waals surface area contributed by atoms with Gasteiger partial charge in [-0.2, -0.15) is 0 Å². The highest BCUT2D eigenvalue weighted by atomic mass is 35.5. The Bertz CT molecular complexity index is 478. The molecule has 0 unspecified atom stereocenters. The third-order valence-corrected chi connectivity index (χ3v) is 5.08. The Morgan fingerprint density at radius 2 is 1.76 bits per heavy atom. The van der Waals surface area contributed by atoms with E-state index in [4.69, 9.17) is 11.6 Å². The lowest BCUT2D eigenvalue weighted by atomic mass is 9.94. The van der Waals surface area contributed by atoms with Crippen molar-refractivity contribution in [2.75, 3.05) is 32.7 Å². The van der Waals surface area contributed by atoms with Crippen LogP contribution >= 0.6 is 11.6 Å². The maximum Gasteiger partial charge on any atom is 0.0451 e. The van der Waals surface area contributed by atoms with E-state index in [0.717, 1.165) is 30.6 Å². The van der Waals surface area contributed by atoms with Crippen molar-refractivity contribution >= 4 is 11.6 Å². The summed E-state index contributed by atoms with van der Waals surface area (Å²) in [6, 6.07) is 8.21. The van der Waals surface area contributed by atoms with E-state index in [1.807, 2.05) is 12.1 Å². The number of hydrogen-bond donors (Lipinski definition) is 0. The van der Waals surface area contributed by atoms with Crippen molar-refractivity contribution in [3.8, 4) is 0 Å². The minimum Gasteiger partial charge on any atom is -0.301 e. The predicted molar refractivity (Wildman–Crippen MR) is 89.7 cm³/mol. The Morgan fingerprint density at radius 1 is 1.00 bits per heavy atom. The van der Waals surface area contributed by atoms with Crippen LogP contribution in [0.2, 0.25) is 5.02 Å². The van der Waals surface area contributed by atoms with Crippen LogP contribution in [0.25, 0.3) is 0 Å². The molecule has 1 aromatic rings. The van der Waals surface area contributed by atoms with Gasteiger partial charge in [0.15, 0.2) is 0 Å². The summed E-state index contributed by atoms with van der Waals surface area (Å²) in [4.78, 5) is 5.17. The Hall–Kier alpha value is -0.830. The number of allylic oxidation sites excluding steroid dienone is 2. The van der Waals surface area contributed by atoms with Crippen molar-refractivity contribution < 1.29 is 0 Å². The average Bonchev–Trinajstić information content (AvgIpc) is 2.52. The van der Waals surface area contributed by atoms with E-state index in [0.29, 0.717) is 0 Å². The van der Waals surface area contributed by atoms with Crippen molar-refractivity contribution in [2.24, 2.45) is 5.92 Å². The van der Waals surface area contributed by atoms with Gasteiger partial charge in [0.1, 0.15) is 0 Å². The summed E-state index contributed by atoms with van der Waals surface area (Å²) in [6.45, 7) is 6.99. The molecule has 0 N–H and O–H groups in total. The first kappa shape index (κ1) is 15.1. The molecule has 3 rings (SSSR count). The molecule has 1 aliphatic carbocycles. The van der Waals surface area contributed by atoms with E-state index >= 15 is 0 Å². The van der Waals surface area contributed by atoms with Crippen LogP contribution in [0, 0.1) is 5.92 Å². The van der Waals surface area contributed by atoms with Gasteiger partial charge in [-0.15, -0.1) is 0 Å². The topological polar surface area (TPSA) is 6.48 Å². The molecule has 3 heteroatoms. The number of rotatable bonds is 4. The van der Waals surface area contributed by atoms with Gasteiger partial charge in [0.25, 0.3) is 0 Å². The lowest BCUT2D eigenvalue weighted by molar-refractivity contribution is 0.111. The van der Waals surface area contributed by atoms with E-state index in [-0.39, 0.29) is 0 Å². The molecule has 1 atom stereocenters. The maximum absolute atomic E-state index is 6.26. The summed E-state index contributed by atoms with van der Waals surface area (Å²) >= 11 is 6.26. The zero-order valence-corrected chi connectivity index (χ0v) is 13.4. The third-order valence-electron chi connectivity index (χ3n) is 4.71. The summed E-state index contributed by atoms with van der Waals surface area (Å²) in [5, 5.41) is 0.897. The number of nitrogens with zero attached hydrogens (tertiary/aromatic N) is 2. The van der Waals surface area contributed by atoms with Gasteiger partial charge < -0.3 is 4.90 Å². The molecule has 1 heterocycles. The molecular formula is C18H25ClN2. The lowest BCUT2D eigenvalue weighted by Gasteiger charge is -2.36. The predicted octanol–water partition coefficient (Wildman–Crippen LogP) is 3.81. The smallest absolute Gasteiger partial charge is 0.0451 e. The highest BCUT2D eigenvalue weighted by molar-refractivity contribution is 6.31. The molecule has 1 aliphatic heterocycles.